The van der Waals surface area contributed by atoms with Crippen molar-refractivity contribution in [3.8, 4) is 0 Å². The number of thioether (sulfide) groups is 1. The van der Waals surface area contributed by atoms with Crippen molar-refractivity contribution in [2.75, 3.05) is 23.5 Å². The van der Waals surface area contributed by atoms with E-state index in [-0.39, 0.29) is 30.2 Å². The lowest BCUT2D eigenvalue weighted by Gasteiger charge is -2.24. The average molecular weight is 432 g/mol. The molecule has 2 aliphatic rings. The van der Waals surface area contributed by atoms with Crippen LogP contribution in [-0.4, -0.2) is 48.4 Å². The molecule has 0 bridgehead atoms. The van der Waals surface area contributed by atoms with E-state index < -0.39 is 12.0 Å². The lowest BCUT2D eigenvalue weighted by Crippen LogP contribution is -2.51. The summed E-state index contributed by atoms with van der Waals surface area (Å²) in [5.74, 6) is 0.0190. The van der Waals surface area contributed by atoms with Crippen molar-refractivity contribution in [2.24, 2.45) is 5.92 Å². The molecule has 1 aliphatic heterocycles. The summed E-state index contributed by atoms with van der Waals surface area (Å²) >= 11 is 1.66. The zero-order valence-electron chi connectivity index (χ0n) is 17.8. The first-order valence-electron chi connectivity index (χ1n) is 11.0. The maximum Gasteiger partial charge on any atom is 0.242 e. The van der Waals surface area contributed by atoms with Crippen LogP contribution in [0.25, 0.3) is 0 Å². The molecule has 2 N–H and O–H groups in total. The highest BCUT2D eigenvalue weighted by Crippen LogP contribution is 2.25. The lowest BCUT2D eigenvalue weighted by atomic mass is 10.1. The summed E-state index contributed by atoms with van der Waals surface area (Å²) in [6, 6.07) is 9.07. The van der Waals surface area contributed by atoms with Crippen molar-refractivity contribution in [3.63, 3.8) is 0 Å². The molecule has 2 atom stereocenters. The molecule has 6 nitrogen and oxygen atoms in total. The van der Waals surface area contributed by atoms with Crippen LogP contribution in [-0.2, 0) is 14.4 Å². The van der Waals surface area contributed by atoms with E-state index in [2.05, 4.69) is 10.6 Å². The Kier molecular flexibility index (Phi) is 8.61. The normalized spacial score (nSPS) is 21.2. The molecular formula is C23H33N3O3S. The van der Waals surface area contributed by atoms with Gasteiger partial charge in [-0.1, -0.05) is 43.9 Å². The van der Waals surface area contributed by atoms with Gasteiger partial charge in [-0.3, -0.25) is 14.4 Å². The molecule has 30 heavy (non-hydrogen) atoms. The number of carbonyl (C=O) groups excluding carboxylic acids is 3. The highest BCUT2D eigenvalue weighted by atomic mass is 32.2. The van der Waals surface area contributed by atoms with Crippen molar-refractivity contribution < 1.29 is 14.4 Å². The fourth-order valence-electron chi connectivity index (χ4n) is 4.26. The summed E-state index contributed by atoms with van der Waals surface area (Å²) in [7, 11) is 0. The van der Waals surface area contributed by atoms with Gasteiger partial charge in [0.25, 0.3) is 0 Å². The van der Waals surface area contributed by atoms with Crippen LogP contribution in [0.4, 0.5) is 5.69 Å². The number of anilines is 1. The molecule has 3 amide bonds. The van der Waals surface area contributed by atoms with Crippen molar-refractivity contribution >= 4 is 35.2 Å². The summed E-state index contributed by atoms with van der Waals surface area (Å²) in [5.41, 5.74) is 0.808. The summed E-state index contributed by atoms with van der Waals surface area (Å²) in [5, 5.41) is 6.12. The maximum absolute atomic E-state index is 12.9. The van der Waals surface area contributed by atoms with Crippen LogP contribution in [0.2, 0.25) is 0 Å². The van der Waals surface area contributed by atoms with Crippen LogP contribution < -0.4 is 15.5 Å². The predicted molar refractivity (Wildman–Crippen MR) is 121 cm³/mol. The zero-order chi connectivity index (χ0) is 21.3. The minimum absolute atomic E-state index is 0.0510. The number of nitrogens with zero attached hydrogens (tertiary/aromatic N) is 1. The monoisotopic (exact) mass is 431 g/mol. The van der Waals surface area contributed by atoms with Gasteiger partial charge >= 0.3 is 0 Å². The third kappa shape index (κ3) is 6.24. The van der Waals surface area contributed by atoms with E-state index in [9.17, 15) is 14.4 Å². The van der Waals surface area contributed by atoms with Crippen LogP contribution in [0.5, 0.6) is 0 Å². The van der Waals surface area contributed by atoms with Gasteiger partial charge in [0.05, 0.1) is 5.92 Å². The van der Waals surface area contributed by atoms with Gasteiger partial charge in [-0.25, -0.2) is 0 Å². The second kappa shape index (κ2) is 11.4. The Bertz CT molecular complexity index is 720. The number of hydrogen-bond acceptors (Lipinski definition) is 4. The van der Waals surface area contributed by atoms with Crippen molar-refractivity contribution in [1.82, 2.24) is 10.6 Å². The van der Waals surface area contributed by atoms with Gasteiger partial charge in [0.2, 0.25) is 17.7 Å². The smallest absolute Gasteiger partial charge is 0.242 e. The number of benzene rings is 1. The van der Waals surface area contributed by atoms with E-state index in [0.717, 1.165) is 37.1 Å². The number of nitrogens with one attached hydrogen (secondary N) is 2. The highest BCUT2D eigenvalue weighted by molar-refractivity contribution is 7.98. The second-order valence-electron chi connectivity index (χ2n) is 8.28. The summed E-state index contributed by atoms with van der Waals surface area (Å²) < 4.78 is 0. The quantitative estimate of drug-likeness (QED) is 0.620. The fourth-order valence-corrected chi connectivity index (χ4v) is 4.73. The van der Waals surface area contributed by atoms with E-state index in [4.69, 9.17) is 0 Å². The predicted octanol–water partition coefficient (Wildman–Crippen LogP) is 3.12. The fraction of sp³-hybridized carbons (Fsp3) is 0.609. The molecule has 0 aromatic heterocycles. The van der Waals surface area contributed by atoms with E-state index in [1.807, 2.05) is 36.6 Å². The minimum atomic E-state index is -0.547. The molecule has 0 spiro atoms. The van der Waals surface area contributed by atoms with Gasteiger partial charge in [0.15, 0.2) is 0 Å². The molecule has 1 saturated carbocycles. The number of hydrogen-bond donors (Lipinski definition) is 2. The van der Waals surface area contributed by atoms with Crippen LogP contribution >= 0.6 is 11.8 Å². The first-order valence-corrected chi connectivity index (χ1v) is 12.4. The standard InChI is InChI=1S/C23H33N3O3S/c1-30-14-13-20(23(29)24-18-9-5-2-3-6-10-18)25-22(28)17-15-21(27)26(16-17)19-11-7-4-8-12-19/h4,7-8,11-12,17-18,20H,2-3,5-6,9-10,13-16H2,1H3,(H,24,29)(H,25,28)/t17?,20-/m1/s1. The summed E-state index contributed by atoms with van der Waals surface area (Å²) in [6.45, 7) is 0.355. The molecule has 0 radical (unpaired) electrons. The third-order valence-electron chi connectivity index (χ3n) is 6.01. The number of carbonyl (C=O) groups is 3. The Labute approximate surface area is 183 Å². The Balaban J connectivity index is 1.59. The average Bonchev–Trinajstić information content (AvgIpc) is 2.96. The van der Waals surface area contributed by atoms with Gasteiger partial charge in [-0.15, -0.1) is 0 Å². The molecule has 1 aromatic rings. The van der Waals surface area contributed by atoms with E-state index in [1.165, 1.54) is 12.8 Å². The third-order valence-corrected chi connectivity index (χ3v) is 6.65. The van der Waals surface area contributed by atoms with Crippen molar-refractivity contribution in [1.29, 1.82) is 0 Å². The van der Waals surface area contributed by atoms with Gasteiger partial charge in [-0.2, -0.15) is 11.8 Å². The Morgan fingerprint density at radius 2 is 1.83 bits per heavy atom. The summed E-state index contributed by atoms with van der Waals surface area (Å²) in [6.07, 6.45) is 9.54. The van der Waals surface area contributed by atoms with Crippen LogP contribution in [0.3, 0.4) is 0 Å². The molecule has 1 heterocycles. The van der Waals surface area contributed by atoms with E-state index in [1.54, 1.807) is 16.7 Å². The largest absolute Gasteiger partial charge is 0.352 e. The lowest BCUT2D eigenvalue weighted by molar-refractivity contribution is -0.131. The van der Waals surface area contributed by atoms with Gasteiger partial charge in [-0.05, 0) is 43.4 Å². The molecule has 3 rings (SSSR count). The number of amides is 3. The zero-order valence-corrected chi connectivity index (χ0v) is 18.6. The SMILES string of the molecule is CSCC[C@@H](NC(=O)C1CC(=O)N(c2ccccc2)C1)C(=O)NC1CCCCCC1. The molecule has 2 fully saturated rings. The van der Waals surface area contributed by atoms with Crippen LogP contribution in [0.1, 0.15) is 51.4 Å². The molecular weight excluding hydrogens is 398 g/mol. The number of rotatable bonds is 8. The highest BCUT2D eigenvalue weighted by Gasteiger charge is 2.36. The van der Waals surface area contributed by atoms with Gasteiger partial charge < -0.3 is 15.5 Å². The first-order chi connectivity index (χ1) is 14.6. The summed E-state index contributed by atoms with van der Waals surface area (Å²) in [4.78, 5) is 39.9. The van der Waals surface area contributed by atoms with Crippen LogP contribution in [0.15, 0.2) is 30.3 Å². The Morgan fingerprint density at radius 1 is 1.13 bits per heavy atom. The Hall–Kier alpha value is -2.02. The van der Waals surface area contributed by atoms with E-state index >= 15 is 0 Å². The van der Waals surface area contributed by atoms with E-state index in [0.29, 0.717) is 13.0 Å². The van der Waals surface area contributed by atoms with Crippen molar-refractivity contribution in [3.05, 3.63) is 30.3 Å². The molecule has 1 unspecified atom stereocenters. The minimum Gasteiger partial charge on any atom is -0.352 e. The maximum atomic E-state index is 12.9. The molecule has 1 saturated heterocycles. The molecule has 7 heteroatoms. The first kappa shape index (κ1) is 22.7. The van der Waals surface area contributed by atoms with Crippen LogP contribution in [0, 0.1) is 5.92 Å². The second-order valence-corrected chi connectivity index (χ2v) is 9.27. The number of para-hydroxylation sites is 1. The molecule has 164 valence electrons. The van der Waals surface area contributed by atoms with Crippen molar-refractivity contribution in [2.45, 2.75) is 63.5 Å². The van der Waals surface area contributed by atoms with Gasteiger partial charge in [0, 0.05) is 24.7 Å². The topological polar surface area (TPSA) is 78.5 Å². The molecule has 1 aromatic carbocycles. The van der Waals surface area contributed by atoms with Gasteiger partial charge in [0.1, 0.15) is 6.04 Å². The molecule has 1 aliphatic carbocycles. The Morgan fingerprint density at radius 3 is 2.50 bits per heavy atom.